The van der Waals surface area contributed by atoms with Crippen LogP contribution in [0.3, 0.4) is 0 Å². The van der Waals surface area contributed by atoms with Crippen LogP contribution < -0.4 is 4.74 Å². The predicted octanol–water partition coefficient (Wildman–Crippen LogP) is 2.08. The van der Waals surface area contributed by atoms with Gasteiger partial charge in [0.15, 0.2) is 5.75 Å². The van der Waals surface area contributed by atoms with Crippen molar-refractivity contribution in [2.75, 3.05) is 13.7 Å². The molecular weight excluding hydrogens is 234 g/mol. The van der Waals surface area contributed by atoms with E-state index in [9.17, 15) is 0 Å². The molecule has 0 saturated carbocycles. The molecule has 0 aliphatic heterocycles. The first-order valence-electron chi connectivity index (χ1n) is 5.55. The highest BCUT2D eigenvalue weighted by molar-refractivity contribution is 6.76. The Kier molecular flexibility index (Phi) is 4.72. The minimum absolute atomic E-state index is 0.293. The van der Waals surface area contributed by atoms with Crippen molar-refractivity contribution in [3.63, 3.8) is 0 Å². The highest BCUT2D eigenvalue weighted by atomic mass is 28.3. The van der Waals surface area contributed by atoms with Crippen molar-refractivity contribution in [2.24, 2.45) is 0 Å². The molecule has 0 aliphatic rings. The molecule has 1 rings (SSSR count). The molecule has 0 N–H and O–H groups in total. The van der Waals surface area contributed by atoms with Crippen molar-refractivity contribution in [2.45, 2.75) is 32.4 Å². The molecule has 0 aliphatic carbocycles. The van der Waals surface area contributed by atoms with Crippen molar-refractivity contribution < 1.29 is 9.47 Å². The monoisotopic (exact) mass is 253 g/mol. The van der Waals surface area contributed by atoms with E-state index in [2.05, 4.69) is 24.7 Å². The second kappa shape index (κ2) is 5.84. The van der Waals surface area contributed by atoms with Gasteiger partial charge in [-0.15, -0.1) is 0 Å². The summed E-state index contributed by atoms with van der Waals surface area (Å²) in [4.78, 5) is 0. The standard InChI is InChI=1S/C11H19N3O2Si/c1-15-11-8-14(13-10(11)7-12)9-16-5-6-17(2,3)4/h8H,5-6,9H2,1-4H3. The minimum atomic E-state index is -1.05. The summed E-state index contributed by atoms with van der Waals surface area (Å²) in [5, 5.41) is 12.9. The van der Waals surface area contributed by atoms with Gasteiger partial charge in [0.25, 0.3) is 0 Å². The van der Waals surface area contributed by atoms with Gasteiger partial charge in [-0.05, 0) is 6.04 Å². The Hall–Kier alpha value is -1.32. The summed E-state index contributed by atoms with van der Waals surface area (Å²) in [6, 6.07) is 3.10. The van der Waals surface area contributed by atoms with Crippen LogP contribution in [0.5, 0.6) is 5.75 Å². The van der Waals surface area contributed by atoms with Crippen molar-refractivity contribution in [1.29, 1.82) is 5.26 Å². The van der Waals surface area contributed by atoms with Gasteiger partial charge in [0.2, 0.25) is 5.69 Å². The van der Waals surface area contributed by atoms with E-state index in [0.717, 1.165) is 12.7 Å². The Morgan fingerprint density at radius 1 is 1.47 bits per heavy atom. The molecule has 0 spiro atoms. The number of hydrogen-bond acceptors (Lipinski definition) is 4. The van der Waals surface area contributed by atoms with E-state index >= 15 is 0 Å². The van der Waals surface area contributed by atoms with Crippen LogP contribution in [0.15, 0.2) is 6.20 Å². The summed E-state index contributed by atoms with van der Waals surface area (Å²) in [6.07, 6.45) is 1.67. The summed E-state index contributed by atoms with van der Waals surface area (Å²) in [5.74, 6) is 0.487. The predicted molar refractivity (Wildman–Crippen MR) is 67.6 cm³/mol. The molecule has 5 nitrogen and oxygen atoms in total. The highest BCUT2D eigenvalue weighted by Crippen LogP contribution is 2.15. The quantitative estimate of drug-likeness (QED) is 0.575. The van der Waals surface area contributed by atoms with Crippen molar-refractivity contribution in [1.82, 2.24) is 9.78 Å². The molecule has 1 aromatic rings. The van der Waals surface area contributed by atoms with Crippen LogP contribution in [0.4, 0.5) is 0 Å². The lowest BCUT2D eigenvalue weighted by Crippen LogP contribution is -2.22. The van der Waals surface area contributed by atoms with E-state index in [4.69, 9.17) is 14.7 Å². The molecular formula is C11H19N3O2Si. The SMILES string of the molecule is COc1cn(COCC[Si](C)(C)C)nc1C#N. The molecule has 6 heteroatoms. The first-order chi connectivity index (χ1) is 7.96. The molecule has 1 heterocycles. The second-order valence-electron chi connectivity index (χ2n) is 5.05. The first-order valence-corrected chi connectivity index (χ1v) is 9.26. The third kappa shape index (κ3) is 4.59. The molecule has 0 radical (unpaired) electrons. The number of nitrogens with zero attached hydrogens (tertiary/aromatic N) is 3. The van der Waals surface area contributed by atoms with Crippen LogP contribution in [0.1, 0.15) is 5.69 Å². The van der Waals surface area contributed by atoms with Gasteiger partial charge < -0.3 is 9.47 Å². The number of hydrogen-bond donors (Lipinski definition) is 0. The van der Waals surface area contributed by atoms with E-state index in [0.29, 0.717) is 18.2 Å². The average Bonchev–Trinajstić information content (AvgIpc) is 2.65. The van der Waals surface area contributed by atoms with Crippen LogP contribution >= 0.6 is 0 Å². The lowest BCUT2D eigenvalue weighted by Gasteiger charge is -2.15. The van der Waals surface area contributed by atoms with E-state index in [1.54, 1.807) is 10.9 Å². The van der Waals surface area contributed by atoms with Gasteiger partial charge in [-0.1, -0.05) is 19.6 Å². The number of methoxy groups -OCH3 is 1. The molecule has 0 bridgehead atoms. The molecule has 0 atom stereocenters. The van der Waals surface area contributed by atoms with Gasteiger partial charge in [-0.2, -0.15) is 10.4 Å². The normalized spacial score (nSPS) is 11.2. The molecule has 0 fully saturated rings. The van der Waals surface area contributed by atoms with Crippen molar-refractivity contribution in [3.8, 4) is 11.8 Å². The maximum Gasteiger partial charge on any atom is 0.204 e. The van der Waals surface area contributed by atoms with E-state index < -0.39 is 8.07 Å². The Balaban J connectivity index is 2.43. The molecule has 0 amide bonds. The lowest BCUT2D eigenvalue weighted by atomic mass is 10.4. The number of ether oxygens (including phenoxy) is 2. The zero-order chi connectivity index (χ0) is 12.9. The lowest BCUT2D eigenvalue weighted by molar-refractivity contribution is 0.0783. The van der Waals surface area contributed by atoms with Gasteiger partial charge in [0.05, 0.1) is 13.3 Å². The van der Waals surface area contributed by atoms with Gasteiger partial charge in [0, 0.05) is 14.7 Å². The fourth-order valence-corrected chi connectivity index (χ4v) is 1.99. The van der Waals surface area contributed by atoms with E-state index in [1.807, 2.05) is 6.07 Å². The molecule has 1 aromatic heterocycles. The number of nitriles is 1. The van der Waals surface area contributed by atoms with Gasteiger partial charge in [-0.25, -0.2) is 4.68 Å². The van der Waals surface area contributed by atoms with Gasteiger partial charge in [0.1, 0.15) is 12.8 Å². The van der Waals surface area contributed by atoms with Crippen LogP contribution in [0.2, 0.25) is 25.7 Å². The average molecular weight is 253 g/mol. The molecule has 0 aromatic carbocycles. The molecule has 17 heavy (non-hydrogen) atoms. The Morgan fingerprint density at radius 2 is 2.18 bits per heavy atom. The minimum Gasteiger partial charge on any atom is -0.492 e. The van der Waals surface area contributed by atoms with Crippen molar-refractivity contribution in [3.05, 3.63) is 11.9 Å². The summed E-state index contributed by atoms with van der Waals surface area (Å²) >= 11 is 0. The van der Waals surface area contributed by atoms with Crippen LogP contribution in [-0.4, -0.2) is 31.6 Å². The third-order valence-electron chi connectivity index (χ3n) is 2.27. The van der Waals surface area contributed by atoms with Crippen LogP contribution in [-0.2, 0) is 11.5 Å². The largest absolute Gasteiger partial charge is 0.492 e. The van der Waals surface area contributed by atoms with E-state index in [1.165, 1.54) is 7.11 Å². The fourth-order valence-electron chi connectivity index (χ4n) is 1.23. The molecule has 0 saturated heterocycles. The van der Waals surface area contributed by atoms with Crippen LogP contribution in [0, 0.1) is 11.3 Å². The Labute approximate surface area is 103 Å². The Morgan fingerprint density at radius 3 is 2.65 bits per heavy atom. The molecule has 0 unspecified atom stereocenters. The highest BCUT2D eigenvalue weighted by Gasteiger charge is 2.12. The maximum atomic E-state index is 8.80. The fraction of sp³-hybridized carbons (Fsp3) is 0.636. The number of rotatable bonds is 6. The topological polar surface area (TPSA) is 60.1 Å². The molecule has 94 valence electrons. The number of aromatic nitrogens is 2. The van der Waals surface area contributed by atoms with Gasteiger partial charge in [-0.3, -0.25) is 0 Å². The summed E-state index contributed by atoms with van der Waals surface area (Å²) in [6.45, 7) is 8.02. The van der Waals surface area contributed by atoms with Crippen molar-refractivity contribution >= 4 is 8.07 Å². The summed E-state index contributed by atoms with van der Waals surface area (Å²) in [5.41, 5.74) is 0.293. The van der Waals surface area contributed by atoms with Gasteiger partial charge >= 0.3 is 0 Å². The third-order valence-corrected chi connectivity index (χ3v) is 3.98. The summed E-state index contributed by atoms with van der Waals surface area (Å²) < 4.78 is 12.1. The Bertz CT molecular complexity index is 404. The maximum absolute atomic E-state index is 8.80. The second-order valence-corrected chi connectivity index (χ2v) is 10.7. The first kappa shape index (κ1) is 13.7. The zero-order valence-corrected chi connectivity index (χ0v) is 11.9. The zero-order valence-electron chi connectivity index (χ0n) is 10.9. The van der Waals surface area contributed by atoms with E-state index in [-0.39, 0.29) is 0 Å². The van der Waals surface area contributed by atoms with Crippen LogP contribution in [0.25, 0.3) is 0 Å². The summed E-state index contributed by atoms with van der Waals surface area (Å²) in [7, 11) is 0.476. The smallest absolute Gasteiger partial charge is 0.204 e.